The molecule has 0 saturated carbocycles. The van der Waals surface area contributed by atoms with E-state index in [1.807, 2.05) is 15.9 Å². The zero-order chi connectivity index (χ0) is 38.4. The van der Waals surface area contributed by atoms with Crippen molar-refractivity contribution < 1.29 is 27.4 Å². The van der Waals surface area contributed by atoms with Gasteiger partial charge in [-0.1, -0.05) is 24.8 Å². The summed E-state index contributed by atoms with van der Waals surface area (Å²) in [7, 11) is 0. The van der Waals surface area contributed by atoms with Gasteiger partial charge in [-0.15, -0.1) is 11.3 Å². The Kier molecular flexibility index (Phi) is 9.39. The monoisotopic (exact) mass is 768 g/mol. The Morgan fingerprint density at radius 1 is 1.20 bits per heavy atom. The van der Waals surface area contributed by atoms with Crippen LogP contribution >= 0.6 is 11.3 Å². The van der Waals surface area contributed by atoms with Crippen molar-refractivity contribution in [3.8, 4) is 29.2 Å². The topological polar surface area (TPSA) is 181 Å². The van der Waals surface area contributed by atoms with E-state index in [4.69, 9.17) is 30.9 Å². The Balaban J connectivity index is 1.31. The SMILES string of the molecule is C=CC(=O)NCCC(c1cccnc1N)N1CCOc2nc(-c3cccc4sc(N)c(C#N)c34)c(F)c3nc(OCC45CCCN4CC(=C(F)F)C5)nc1c23. The average molecular weight is 769 g/mol. The van der Waals surface area contributed by atoms with Crippen LogP contribution in [0.25, 0.3) is 32.2 Å². The maximum absolute atomic E-state index is 17.3. The van der Waals surface area contributed by atoms with E-state index in [9.17, 15) is 18.8 Å². The number of nitrogen functional groups attached to an aromatic ring is 2. The van der Waals surface area contributed by atoms with Gasteiger partial charge in [0.25, 0.3) is 6.08 Å². The number of hydrogen-bond acceptors (Lipinski definition) is 13. The van der Waals surface area contributed by atoms with E-state index in [0.717, 1.165) is 6.42 Å². The van der Waals surface area contributed by atoms with Gasteiger partial charge >= 0.3 is 6.01 Å². The zero-order valence-corrected chi connectivity index (χ0v) is 30.3. The number of anilines is 3. The number of benzene rings is 1. The van der Waals surface area contributed by atoms with E-state index in [2.05, 4.69) is 27.9 Å². The van der Waals surface area contributed by atoms with Gasteiger partial charge in [-0.2, -0.15) is 24.0 Å². The number of fused-ring (bicyclic) bond motifs is 2. The van der Waals surface area contributed by atoms with Gasteiger partial charge in [-0.25, -0.2) is 14.4 Å². The highest BCUT2D eigenvalue weighted by molar-refractivity contribution is 7.23. The van der Waals surface area contributed by atoms with E-state index in [-0.39, 0.29) is 96.4 Å². The van der Waals surface area contributed by atoms with E-state index in [1.54, 1.807) is 30.5 Å². The minimum absolute atomic E-state index is 0.0107. The molecule has 0 aliphatic carbocycles. The Morgan fingerprint density at radius 3 is 2.84 bits per heavy atom. The summed E-state index contributed by atoms with van der Waals surface area (Å²) < 4.78 is 58.2. The van der Waals surface area contributed by atoms with Gasteiger partial charge < -0.3 is 31.2 Å². The first-order valence-corrected chi connectivity index (χ1v) is 18.5. The van der Waals surface area contributed by atoms with Crippen LogP contribution in [0.15, 0.2) is 60.8 Å². The molecule has 1 amide bonds. The first-order chi connectivity index (χ1) is 26.6. The van der Waals surface area contributed by atoms with Gasteiger partial charge in [-0.3, -0.25) is 9.69 Å². The summed E-state index contributed by atoms with van der Waals surface area (Å²) in [6.45, 7) is 4.81. The lowest BCUT2D eigenvalue weighted by atomic mass is 9.94. The van der Waals surface area contributed by atoms with Crippen LogP contribution in [0.4, 0.5) is 29.8 Å². The number of nitrogens with two attached hydrogens (primary N) is 2. The summed E-state index contributed by atoms with van der Waals surface area (Å²) >= 11 is 1.21. The van der Waals surface area contributed by atoms with Crippen LogP contribution < -0.4 is 31.2 Å². The third kappa shape index (κ3) is 6.30. The van der Waals surface area contributed by atoms with Crippen molar-refractivity contribution in [1.82, 2.24) is 30.2 Å². The molecular weight excluding hydrogens is 734 g/mol. The second-order valence-corrected chi connectivity index (χ2v) is 14.7. The fourth-order valence-corrected chi connectivity index (χ4v) is 8.99. The summed E-state index contributed by atoms with van der Waals surface area (Å²) in [4.78, 5) is 34.5. The quantitative estimate of drug-likeness (QED) is 0.144. The van der Waals surface area contributed by atoms with Crippen molar-refractivity contribution >= 4 is 54.9 Å². The first kappa shape index (κ1) is 36.0. The molecule has 0 spiro atoms. The molecule has 3 aliphatic heterocycles. The second kappa shape index (κ2) is 14.3. The highest BCUT2D eigenvalue weighted by Gasteiger charge is 2.48. The first-order valence-electron chi connectivity index (χ1n) is 17.7. The Morgan fingerprint density at radius 2 is 2.05 bits per heavy atom. The van der Waals surface area contributed by atoms with Crippen LogP contribution in [0.3, 0.4) is 0 Å². The van der Waals surface area contributed by atoms with Crippen molar-refractivity contribution in [2.45, 2.75) is 37.3 Å². The maximum atomic E-state index is 17.3. The lowest BCUT2D eigenvalue weighted by Crippen LogP contribution is -2.43. The van der Waals surface area contributed by atoms with Crippen molar-refractivity contribution in [2.24, 2.45) is 0 Å². The number of pyridine rings is 2. The molecule has 1 aromatic carbocycles. The molecule has 7 heterocycles. The normalized spacial score (nSPS) is 18.4. The minimum atomic E-state index is -1.69. The molecule has 0 bridgehead atoms. The number of hydrogen-bond donors (Lipinski definition) is 3. The number of amides is 1. The van der Waals surface area contributed by atoms with Gasteiger partial charge in [0.15, 0.2) is 5.82 Å². The smallest absolute Gasteiger partial charge is 0.319 e. The molecular formula is C38H35F3N10O3S. The summed E-state index contributed by atoms with van der Waals surface area (Å²) in [6, 6.07) is 10.1. The Bertz CT molecular complexity index is 2450. The van der Waals surface area contributed by atoms with E-state index in [1.165, 1.54) is 17.4 Å². The van der Waals surface area contributed by atoms with Gasteiger partial charge in [0, 0.05) is 46.1 Å². The largest absolute Gasteiger partial charge is 0.475 e. The van der Waals surface area contributed by atoms with Gasteiger partial charge in [0.2, 0.25) is 11.8 Å². The molecule has 2 atom stereocenters. The van der Waals surface area contributed by atoms with E-state index < -0.39 is 23.5 Å². The molecule has 55 heavy (non-hydrogen) atoms. The third-order valence-corrected chi connectivity index (χ3v) is 11.6. The number of nitrogens with zero attached hydrogens (tertiary/aromatic N) is 7. The average Bonchev–Trinajstić information content (AvgIpc) is 3.81. The van der Waals surface area contributed by atoms with E-state index >= 15 is 4.39 Å². The number of thiophene rings is 1. The molecule has 13 nitrogen and oxygen atoms in total. The number of halogens is 3. The lowest BCUT2D eigenvalue weighted by Gasteiger charge is -2.33. The molecule has 2 fully saturated rings. The molecule has 17 heteroatoms. The highest BCUT2D eigenvalue weighted by atomic mass is 32.1. The fourth-order valence-electron chi connectivity index (χ4n) is 8.04. The van der Waals surface area contributed by atoms with Gasteiger partial charge in [0.1, 0.15) is 52.5 Å². The lowest BCUT2D eigenvalue weighted by molar-refractivity contribution is -0.116. The minimum Gasteiger partial charge on any atom is -0.475 e. The summed E-state index contributed by atoms with van der Waals surface area (Å²) in [5.74, 6) is -0.651. The molecule has 0 radical (unpaired) electrons. The Labute approximate surface area is 317 Å². The third-order valence-electron chi connectivity index (χ3n) is 10.6. The number of nitriles is 1. The standard InChI is InChI=1S/C38H35F3N10O3S/c1-2-26(52)45-12-9-24(21-7-4-11-46-33(21)43)51-14-15-53-36-28-31(29(39)30(47-36)22-6-3-8-25-27(22)23(17-42)34(44)55-25)48-37(49-35(28)51)54-19-38-10-5-13-50(38)18-20(16-38)32(40)41/h2-4,6-8,11,24H,1,5,9-10,12-16,18-19,44H2,(H2,43,46)(H,45,52). The molecule has 8 rings (SSSR count). The summed E-state index contributed by atoms with van der Waals surface area (Å²) in [5.41, 5.74) is 12.9. The molecule has 2 unspecified atom stereocenters. The summed E-state index contributed by atoms with van der Waals surface area (Å²) in [5, 5.41) is 13.7. The van der Waals surface area contributed by atoms with Crippen LogP contribution in [0.1, 0.15) is 42.9 Å². The zero-order valence-electron chi connectivity index (χ0n) is 29.4. The van der Waals surface area contributed by atoms with Crippen molar-refractivity contribution in [3.63, 3.8) is 0 Å². The van der Waals surface area contributed by atoms with E-state index in [0.29, 0.717) is 45.6 Å². The van der Waals surface area contributed by atoms with Crippen molar-refractivity contribution in [1.29, 1.82) is 5.26 Å². The van der Waals surface area contributed by atoms with Gasteiger partial charge in [-0.05, 0) is 50.4 Å². The molecule has 2 saturated heterocycles. The number of ether oxygens (including phenoxy) is 2. The predicted octanol–water partition coefficient (Wildman–Crippen LogP) is 5.88. The molecule has 3 aliphatic rings. The van der Waals surface area contributed by atoms with Crippen LogP contribution in [-0.4, -0.2) is 75.7 Å². The number of rotatable bonds is 10. The second-order valence-electron chi connectivity index (χ2n) is 13.7. The van der Waals surface area contributed by atoms with Crippen LogP contribution in [0, 0.1) is 17.1 Å². The summed E-state index contributed by atoms with van der Waals surface area (Å²) in [6.07, 6.45) is 2.95. The Hall–Kier alpha value is -5.99. The van der Waals surface area contributed by atoms with Crippen molar-refractivity contribution in [2.75, 3.05) is 55.8 Å². The number of carbonyl (C=O) groups is 1. The van der Waals surface area contributed by atoms with Crippen LogP contribution in [0.5, 0.6) is 11.9 Å². The van der Waals surface area contributed by atoms with Crippen LogP contribution in [-0.2, 0) is 4.79 Å². The maximum Gasteiger partial charge on any atom is 0.319 e. The molecule has 5 N–H and O–H groups in total. The number of aromatic nitrogens is 4. The van der Waals surface area contributed by atoms with Crippen molar-refractivity contribution in [3.05, 3.63) is 77.8 Å². The highest BCUT2D eigenvalue weighted by Crippen LogP contribution is 2.47. The van der Waals surface area contributed by atoms with Crippen LogP contribution in [0.2, 0.25) is 0 Å². The molecule has 282 valence electrons. The fraction of sp³-hybridized carbons (Fsp3) is 0.316. The van der Waals surface area contributed by atoms with Gasteiger partial charge in [0.05, 0.1) is 23.7 Å². The predicted molar refractivity (Wildman–Crippen MR) is 202 cm³/mol. The molecule has 5 aromatic rings. The molecule has 4 aromatic heterocycles. The number of nitrogens with one attached hydrogen (secondary N) is 1. The number of carbonyl (C=O) groups excluding carboxylic acids is 1.